The summed E-state index contributed by atoms with van der Waals surface area (Å²) in [6, 6.07) is 8.08. The average molecular weight is 266 g/mol. The van der Waals surface area contributed by atoms with Crippen molar-refractivity contribution >= 4 is 11.1 Å². The van der Waals surface area contributed by atoms with Crippen molar-refractivity contribution in [2.75, 3.05) is 0 Å². The van der Waals surface area contributed by atoms with Crippen LogP contribution in [0.2, 0.25) is 0 Å². The van der Waals surface area contributed by atoms with E-state index in [2.05, 4.69) is 24.3 Å². The second-order valence-corrected chi connectivity index (χ2v) is 5.88. The summed E-state index contributed by atoms with van der Waals surface area (Å²) in [6.07, 6.45) is 13.0. The molecule has 2 atom stereocenters. The highest BCUT2D eigenvalue weighted by Crippen LogP contribution is 2.42. The zero-order valence-corrected chi connectivity index (χ0v) is 11.4. The van der Waals surface area contributed by atoms with Gasteiger partial charge in [-0.05, 0) is 72.9 Å². The zero-order valence-electron chi connectivity index (χ0n) is 11.4. The molecule has 0 aromatic carbocycles. The summed E-state index contributed by atoms with van der Waals surface area (Å²) in [5.74, 6) is 3.41. The molecule has 102 valence electrons. The van der Waals surface area contributed by atoms with E-state index in [-0.39, 0.29) is 0 Å². The van der Waals surface area contributed by atoms with Crippen LogP contribution in [0.1, 0.15) is 37.2 Å². The second-order valence-electron chi connectivity index (χ2n) is 5.88. The van der Waals surface area contributed by atoms with Gasteiger partial charge in [0, 0.05) is 0 Å². The van der Waals surface area contributed by atoms with Gasteiger partial charge < -0.3 is 8.83 Å². The molecule has 2 heteroatoms. The highest BCUT2D eigenvalue weighted by atomic mass is 16.3. The predicted octanol–water partition coefficient (Wildman–Crippen LogP) is 5.16. The lowest BCUT2D eigenvalue weighted by Crippen LogP contribution is -2.12. The average Bonchev–Trinajstić information content (AvgIpc) is 3.13. The Morgan fingerprint density at radius 3 is 2.35 bits per heavy atom. The fourth-order valence-corrected chi connectivity index (χ4v) is 3.55. The Balaban J connectivity index is 1.63. The lowest BCUT2D eigenvalue weighted by atomic mass is 9.80. The molecule has 0 aliphatic heterocycles. The van der Waals surface area contributed by atoms with E-state index in [4.69, 9.17) is 8.83 Å². The standard InChI is InChI=1S/C18H18O2/c1-3-17(19-7-1)15-6-5-13-9-14(11-15)12-16(10-13)18-4-2-8-20-18/h1-4,6-8,12-14H,5,9-11H2/t13-,14-/m0/s1. The third-order valence-corrected chi connectivity index (χ3v) is 4.44. The monoisotopic (exact) mass is 266 g/mol. The van der Waals surface area contributed by atoms with Crippen LogP contribution in [0.4, 0.5) is 0 Å². The maximum absolute atomic E-state index is 5.57. The SMILES string of the molecule is C1=C(c2ccco2)C[C@H]2C=C(c3ccco3)C[C@@H](C1)C2. The van der Waals surface area contributed by atoms with Crippen molar-refractivity contribution in [3.8, 4) is 0 Å². The molecule has 2 aliphatic rings. The van der Waals surface area contributed by atoms with Crippen LogP contribution in [-0.2, 0) is 0 Å². The van der Waals surface area contributed by atoms with Crippen molar-refractivity contribution in [1.29, 1.82) is 0 Å². The molecule has 0 unspecified atom stereocenters. The molecule has 2 nitrogen and oxygen atoms in total. The van der Waals surface area contributed by atoms with Gasteiger partial charge in [-0.3, -0.25) is 0 Å². The largest absolute Gasteiger partial charge is 0.465 e. The summed E-state index contributed by atoms with van der Waals surface area (Å²) in [4.78, 5) is 0. The van der Waals surface area contributed by atoms with Crippen LogP contribution in [0.3, 0.4) is 0 Å². The van der Waals surface area contributed by atoms with Gasteiger partial charge >= 0.3 is 0 Å². The van der Waals surface area contributed by atoms with Gasteiger partial charge in [0.15, 0.2) is 0 Å². The van der Waals surface area contributed by atoms with Gasteiger partial charge in [-0.2, -0.15) is 0 Å². The van der Waals surface area contributed by atoms with Crippen molar-refractivity contribution in [2.24, 2.45) is 11.8 Å². The Bertz CT molecular complexity index is 629. The van der Waals surface area contributed by atoms with Crippen LogP contribution in [0, 0.1) is 11.8 Å². The van der Waals surface area contributed by atoms with Crippen molar-refractivity contribution in [3.63, 3.8) is 0 Å². The molecule has 2 aromatic heterocycles. The number of hydrogen-bond donors (Lipinski definition) is 0. The topological polar surface area (TPSA) is 26.3 Å². The third-order valence-electron chi connectivity index (χ3n) is 4.44. The molecular weight excluding hydrogens is 248 g/mol. The van der Waals surface area contributed by atoms with E-state index in [1.54, 1.807) is 12.5 Å². The van der Waals surface area contributed by atoms with Gasteiger partial charge in [-0.15, -0.1) is 0 Å². The molecule has 0 fully saturated rings. The van der Waals surface area contributed by atoms with E-state index in [1.807, 2.05) is 12.1 Å². The van der Waals surface area contributed by atoms with E-state index in [1.165, 1.54) is 17.6 Å². The maximum Gasteiger partial charge on any atom is 0.129 e. The first-order chi connectivity index (χ1) is 9.88. The molecule has 2 aliphatic carbocycles. The second kappa shape index (κ2) is 4.86. The highest BCUT2D eigenvalue weighted by Gasteiger charge is 2.27. The first-order valence-corrected chi connectivity index (χ1v) is 7.36. The molecule has 0 saturated carbocycles. The fraction of sp³-hybridized carbons (Fsp3) is 0.333. The summed E-state index contributed by atoms with van der Waals surface area (Å²) in [5.41, 5.74) is 2.74. The smallest absolute Gasteiger partial charge is 0.129 e. The summed E-state index contributed by atoms with van der Waals surface area (Å²) in [5, 5.41) is 0. The van der Waals surface area contributed by atoms with Crippen molar-refractivity contribution < 1.29 is 8.83 Å². The van der Waals surface area contributed by atoms with Gasteiger partial charge in [0.2, 0.25) is 0 Å². The number of furan rings is 2. The summed E-state index contributed by atoms with van der Waals surface area (Å²) < 4.78 is 11.1. The summed E-state index contributed by atoms with van der Waals surface area (Å²) >= 11 is 0. The molecule has 2 heterocycles. The van der Waals surface area contributed by atoms with Crippen LogP contribution >= 0.6 is 0 Å². The Morgan fingerprint density at radius 2 is 1.65 bits per heavy atom. The number of rotatable bonds is 2. The highest BCUT2D eigenvalue weighted by molar-refractivity contribution is 5.66. The van der Waals surface area contributed by atoms with E-state index >= 15 is 0 Å². The lowest BCUT2D eigenvalue weighted by Gasteiger charge is -2.25. The van der Waals surface area contributed by atoms with Gasteiger partial charge in [-0.25, -0.2) is 0 Å². The fourth-order valence-electron chi connectivity index (χ4n) is 3.55. The van der Waals surface area contributed by atoms with Crippen LogP contribution in [-0.4, -0.2) is 0 Å². The molecule has 2 aromatic rings. The zero-order chi connectivity index (χ0) is 13.4. The minimum Gasteiger partial charge on any atom is -0.465 e. The molecule has 0 saturated heterocycles. The molecular formula is C18H18O2. The quantitative estimate of drug-likeness (QED) is 0.750. The van der Waals surface area contributed by atoms with Crippen LogP contribution < -0.4 is 0 Å². The van der Waals surface area contributed by atoms with E-state index in [0.717, 1.165) is 36.7 Å². The van der Waals surface area contributed by atoms with Gasteiger partial charge in [0.1, 0.15) is 11.5 Å². The normalized spacial score (nSPS) is 25.8. The van der Waals surface area contributed by atoms with E-state index in [0.29, 0.717) is 5.92 Å². The van der Waals surface area contributed by atoms with Crippen molar-refractivity contribution in [2.45, 2.75) is 25.7 Å². The first kappa shape index (κ1) is 11.8. The van der Waals surface area contributed by atoms with Crippen molar-refractivity contribution in [1.82, 2.24) is 0 Å². The van der Waals surface area contributed by atoms with Gasteiger partial charge in [0.25, 0.3) is 0 Å². The number of fused-ring (bicyclic) bond motifs is 2. The van der Waals surface area contributed by atoms with Gasteiger partial charge in [-0.1, -0.05) is 12.2 Å². The minimum absolute atomic E-state index is 0.604. The summed E-state index contributed by atoms with van der Waals surface area (Å²) in [7, 11) is 0. The van der Waals surface area contributed by atoms with Crippen LogP contribution in [0.25, 0.3) is 11.1 Å². The Morgan fingerprint density at radius 1 is 0.900 bits per heavy atom. The maximum atomic E-state index is 5.57. The lowest BCUT2D eigenvalue weighted by molar-refractivity contribution is 0.416. The molecule has 2 bridgehead atoms. The molecule has 0 amide bonds. The Kier molecular flexibility index (Phi) is 2.87. The molecule has 0 N–H and O–H groups in total. The Hall–Kier alpha value is -1.96. The molecule has 0 spiro atoms. The third kappa shape index (κ3) is 2.15. The first-order valence-electron chi connectivity index (χ1n) is 7.36. The number of allylic oxidation sites excluding steroid dienone is 4. The molecule has 0 radical (unpaired) electrons. The van der Waals surface area contributed by atoms with Crippen LogP contribution in [0.5, 0.6) is 0 Å². The van der Waals surface area contributed by atoms with E-state index in [9.17, 15) is 0 Å². The molecule has 4 rings (SSSR count). The number of hydrogen-bond acceptors (Lipinski definition) is 2. The predicted molar refractivity (Wildman–Crippen MR) is 78.8 cm³/mol. The van der Waals surface area contributed by atoms with Crippen molar-refractivity contribution in [3.05, 3.63) is 60.5 Å². The van der Waals surface area contributed by atoms with E-state index < -0.39 is 0 Å². The van der Waals surface area contributed by atoms with Gasteiger partial charge in [0.05, 0.1) is 12.5 Å². The van der Waals surface area contributed by atoms with Crippen LogP contribution in [0.15, 0.2) is 57.8 Å². The Labute approximate surface area is 118 Å². The molecule has 20 heavy (non-hydrogen) atoms. The minimum atomic E-state index is 0.604. The summed E-state index contributed by atoms with van der Waals surface area (Å²) in [6.45, 7) is 0.